The summed E-state index contributed by atoms with van der Waals surface area (Å²) < 4.78 is 21.4. The van der Waals surface area contributed by atoms with Gasteiger partial charge in [0.2, 0.25) is 0 Å². The lowest BCUT2D eigenvalue weighted by Gasteiger charge is -2.03. The van der Waals surface area contributed by atoms with Crippen molar-refractivity contribution in [1.29, 1.82) is 0 Å². The highest BCUT2D eigenvalue weighted by atomic mass is 19.1. The largest absolute Gasteiger partial charge is 0.491 e. The Morgan fingerprint density at radius 2 is 2.00 bits per heavy atom. The van der Waals surface area contributed by atoms with E-state index >= 15 is 0 Å². The average molecular weight is 250 g/mol. The number of benzene rings is 1. The molecule has 0 bridgehead atoms. The van der Waals surface area contributed by atoms with Crippen LogP contribution < -0.4 is 4.74 Å². The molecule has 1 aliphatic heterocycles. The van der Waals surface area contributed by atoms with Crippen LogP contribution in [0, 0.1) is 0 Å². The third-order valence-corrected chi connectivity index (χ3v) is 2.37. The Bertz CT molecular complexity index is 490. The fraction of sp³-hybridized carbons (Fsp3) is 0.231. The highest BCUT2D eigenvalue weighted by Crippen LogP contribution is 2.20. The maximum atomic E-state index is 11.9. The van der Waals surface area contributed by atoms with Crippen LogP contribution in [0.3, 0.4) is 0 Å². The van der Waals surface area contributed by atoms with Crippen molar-refractivity contribution in [2.75, 3.05) is 13.3 Å². The van der Waals surface area contributed by atoms with E-state index in [4.69, 9.17) is 4.74 Å². The van der Waals surface area contributed by atoms with Crippen LogP contribution in [0.1, 0.15) is 12.0 Å². The van der Waals surface area contributed by atoms with Gasteiger partial charge in [0, 0.05) is 5.57 Å². The number of hydrogen-bond acceptors (Lipinski definition) is 4. The highest BCUT2D eigenvalue weighted by molar-refractivity contribution is 6.08. The van der Waals surface area contributed by atoms with Crippen LogP contribution in [0.2, 0.25) is 0 Å². The summed E-state index contributed by atoms with van der Waals surface area (Å²) in [4.78, 5) is 22.1. The molecular formula is C13H11FO4. The Morgan fingerprint density at radius 1 is 1.28 bits per heavy atom. The van der Waals surface area contributed by atoms with E-state index in [1.165, 1.54) is 0 Å². The molecule has 0 aliphatic carbocycles. The van der Waals surface area contributed by atoms with Crippen molar-refractivity contribution >= 4 is 18.0 Å². The maximum absolute atomic E-state index is 11.9. The fourth-order valence-corrected chi connectivity index (χ4v) is 1.56. The summed E-state index contributed by atoms with van der Waals surface area (Å²) in [5.74, 6) is -0.577. The maximum Gasteiger partial charge on any atom is 0.342 e. The summed E-state index contributed by atoms with van der Waals surface area (Å²) in [6.07, 6.45) is 1.59. The smallest absolute Gasteiger partial charge is 0.342 e. The lowest BCUT2D eigenvalue weighted by molar-refractivity contribution is -0.151. The second-order valence-electron chi connectivity index (χ2n) is 3.71. The van der Waals surface area contributed by atoms with Gasteiger partial charge in [-0.15, -0.1) is 0 Å². The van der Waals surface area contributed by atoms with Gasteiger partial charge >= 0.3 is 11.9 Å². The second-order valence-corrected chi connectivity index (χ2v) is 3.71. The van der Waals surface area contributed by atoms with Crippen molar-refractivity contribution in [3.8, 4) is 5.75 Å². The molecule has 0 N–H and O–H groups in total. The van der Waals surface area contributed by atoms with Gasteiger partial charge in [0.25, 0.3) is 0 Å². The lowest BCUT2D eigenvalue weighted by Crippen LogP contribution is -1.98. The molecular weight excluding hydrogens is 239 g/mol. The molecule has 4 nitrogen and oxygen atoms in total. The minimum absolute atomic E-state index is 0.00106. The Labute approximate surface area is 103 Å². The second kappa shape index (κ2) is 5.44. The zero-order chi connectivity index (χ0) is 13.0. The predicted molar refractivity (Wildman–Crippen MR) is 61.6 cm³/mol. The summed E-state index contributed by atoms with van der Waals surface area (Å²) >= 11 is 0. The van der Waals surface area contributed by atoms with Crippen molar-refractivity contribution in [2.45, 2.75) is 6.42 Å². The standard InChI is InChI=1S/C13H11FO4/c14-5-6-17-11-3-1-9(2-4-11)7-10-8-12(15)18-13(10)16/h1-4,7H,5-6,8H2/b10-7+. The molecule has 0 amide bonds. The molecule has 94 valence electrons. The molecule has 18 heavy (non-hydrogen) atoms. The molecule has 1 fully saturated rings. The van der Waals surface area contributed by atoms with E-state index in [2.05, 4.69) is 4.74 Å². The number of esters is 2. The van der Waals surface area contributed by atoms with E-state index in [-0.39, 0.29) is 13.0 Å². The molecule has 1 aliphatic rings. The summed E-state index contributed by atoms with van der Waals surface area (Å²) in [7, 11) is 0. The van der Waals surface area contributed by atoms with E-state index < -0.39 is 18.6 Å². The van der Waals surface area contributed by atoms with Crippen molar-refractivity contribution < 1.29 is 23.5 Å². The molecule has 0 unspecified atom stereocenters. The first-order valence-corrected chi connectivity index (χ1v) is 5.43. The van der Waals surface area contributed by atoms with Crippen LogP contribution in [-0.4, -0.2) is 25.2 Å². The zero-order valence-corrected chi connectivity index (χ0v) is 9.52. The van der Waals surface area contributed by atoms with Gasteiger partial charge in [0.1, 0.15) is 19.0 Å². The van der Waals surface area contributed by atoms with Gasteiger partial charge in [0.15, 0.2) is 0 Å². The molecule has 0 aromatic heterocycles. The minimum atomic E-state index is -0.599. The molecule has 2 rings (SSSR count). The summed E-state index contributed by atoms with van der Waals surface area (Å²) in [5, 5.41) is 0. The van der Waals surface area contributed by atoms with E-state index in [0.717, 1.165) is 5.56 Å². The van der Waals surface area contributed by atoms with E-state index in [1.807, 2.05) is 0 Å². The number of halogens is 1. The normalized spacial score (nSPS) is 17.1. The highest BCUT2D eigenvalue weighted by Gasteiger charge is 2.26. The molecule has 0 radical (unpaired) electrons. The third-order valence-electron chi connectivity index (χ3n) is 2.37. The number of carbonyl (C=O) groups excluding carboxylic acids is 2. The monoisotopic (exact) mass is 250 g/mol. The summed E-state index contributed by atoms with van der Waals surface area (Å²) in [5.41, 5.74) is 1.08. The van der Waals surface area contributed by atoms with E-state index in [9.17, 15) is 14.0 Å². The number of ether oxygens (including phenoxy) is 2. The third kappa shape index (κ3) is 2.94. The van der Waals surface area contributed by atoms with Crippen LogP contribution in [0.15, 0.2) is 29.8 Å². The predicted octanol–water partition coefficient (Wildman–Crippen LogP) is 1.89. The number of rotatable bonds is 4. The van der Waals surface area contributed by atoms with Gasteiger partial charge in [-0.1, -0.05) is 12.1 Å². The minimum Gasteiger partial charge on any atom is -0.491 e. The molecule has 1 aromatic rings. The fourth-order valence-electron chi connectivity index (χ4n) is 1.56. The van der Waals surface area contributed by atoms with Gasteiger partial charge in [-0.25, -0.2) is 9.18 Å². The van der Waals surface area contributed by atoms with Crippen LogP contribution >= 0.6 is 0 Å². The van der Waals surface area contributed by atoms with Crippen molar-refractivity contribution in [3.63, 3.8) is 0 Å². The zero-order valence-electron chi connectivity index (χ0n) is 9.52. The van der Waals surface area contributed by atoms with Crippen molar-refractivity contribution in [3.05, 3.63) is 35.4 Å². The number of cyclic esters (lactones) is 2. The van der Waals surface area contributed by atoms with Crippen LogP contribution in [0.25, 0.3) is 6.08 Å². The quantitative estimate of drug-likeness (QED) is 0.465. The van der Waals surface area contributed by atoms with E-state index in [1.54, 1.807) is 30.3 Å². The van der Waals surface area contributed by atoms with Gasteiger partial charge in [-0.2, -0.15) is 0 Å². The Balaban J connectivity index is 2.08. The average Bonchev–Trinajstić information content (AvgIpc) is 2.67. The molecule has 1 saturated heterocycles. The lowest BCUT2D eigenvalue weighted by atomic mass is 10.1. The molecule has 0 atom stereocenters. The molecule has 5 heteroatoms. The number of hydrogen-bond donors (Lipinski definition) is 0. The van der Waals surface area contributed by atoms with Gasteiger partial charge in [-0.3, -0.25) is 4.79 Å². The first-order valence-electron chi connectivity index (χ1n) is 5.43. The van der Waals surface area contributed by atoms with Crippen LogP contribution in [0.5, 0.6) is 5.75 Å². The van der Waals surface area contributed by atoms with Gasteiger partial charge in [-0.05, 0) is 23.8 Å². The van der Waals surface area contributed by atoms with Crippen molar-refractivity contribution in [2.24, 2.45) is 0 Å². The topological polar surface area (TPSA) is 52.6 Å². The van der Waals surface area contributed by atoms with Crippen LogP contribution in [-0.2, 0) is 14.3 Å². The first-order chi connectivity index (χ1) is 8.69. The first kappa shape index (κ1) is 12.3. The number of alkyl halides is 1. The van der Waals surface area contributed by atoms with E-state index in [0.29, 0.717) is 11.3 Å². The van der Waals surface area contributed by atoms with Gasteiger partial charge < -0.3 is 9.47 Å². The Kier molecular flexibility index (Phi) is 3.72. The van der Waals surface area contributed by atoms with Gasteiger partial charge in [0.05, 0.1) is 6.42 Å². The summed E-state index contributed by atoms with van der Waals surface area (Å²) in [6, 6.07) is 6.78. The Morgan fingerprint density at radius 3 is 2.56 bits per heavy atom. The van der Waals surface area contributed by atoms with Crippen molar-refractivity contribution in [1.82, 2.24) is 0 Å². The number of carbonyl (C=O) groups is 2. The summed E-state index contributed by atoms with van der Waals surface area (Å²) in [6.45, 7) is -0.527. The molecule has 1 aromatic carbocycles. The molecule has 0 saturated carbocycles. The SMILES string of the molecule is O=C1C/C(=C\c2ccc(OCCF)cc2)C(=O)O1. The molecule has 0 spiro atoms. The van der Waals surface area contributed by atoms with Crippen LogP contribution in [0.4, 0.5) is 4.39 Å². The Hall–Kier alpha value is -2.17. The molecule has 1 heterocycles.